The Balaban J connectivity index is 2.53. The van der Waals surface area contributed by atoms with E-state index in [2.05, 4.69) is 15.3 Å². The van der Waals surface area contributed by atoms with Crippen molar-refractivity contribution >= 4 is 22.4 Å². The van der Waals surface area contributed by atoms with Gasteiger partial charge in [0, 0.05) is 5.38 Å². The first kappa shape index (κ1) is 8.95. The molecule has 0 aliphatic heterocycles. The number of carbonyl (C=O) groups excluding carboxylic acids is 1. The molecule has 1 aromatic heterocycles. The maximum absolute atomic E-state index is 11.1. The van der Waals surface area contributed by atoms with Crippen LogP contribution in [-0.2, 0) is 4.84 Å². The second kappa shape index (κ2) is 4.03. The summed E-state index contributed by atoms with van der Waals surface area (Å²) in [5, 5.41) is 1.94. The molecule has 0 atom stereocenters. The zero-order chi connectivity index (χ0) is 8.97. The summed E-state index contributed by atoms with van der Waals surface area (Å²) in [6, 6.07) is 0. The number of hydrogen-bond donors (Lipinski definition) is 2. The van der Waals surface area contributed by atoms with E-state index < -0.39 is 0 Å². The fourth-order valence-electron chi connectivity index (χ4n) is 0.582. The first-order valence-corrected chi connectivity index (χ1v) is 4.25. The topological polar surface area (TPSA) is 77.2 Å². The van der Waals surface area contributed by atoms with Crippen LogP contribution in [0.4, 0.5) is 5.13 Å². The fraction of sp³-hybridized carbons (Fsp3) is 0.333. The smallest absolute Gasteiger partial charge is 0.294 e. The quantitative estimate of drug-likeness (QED) is 0.672. The Hall–Kier alpha value is -1.14. The van der Waals surface area contributed by atoms with Gasteiger partial charge in [0.1, 0.15) is 5.69 Å². The van der Waals surface area contributed by atoms with Crippen LogP contribution in [0.25, 0.3) is 0 Å². The molecule has 0 fully saturated rings. The highest BCUT2D eigenvalue weighted by molar-refractivity contribution is 7.13. The van der Waals surface area contributed by atoms with Gasteiger partial charge in [-0.25, -0.2) is 10.5 Å². The Morgan fingerprint density at radius 2 is 2.67 bits per heavy atom. The normalized spacial score (nSPS) is 9.75. The van der Waals surface area contributed by atoms with Crippen LogP contribution in [0, 0.1) is 0 Å². The van der Waals surface area contributed by atoms with E-state index in [1.807, 2.05) is 0 Å². The lowest BCUT2D eigenvalue weighted by molar-refractivity contribution is 0.0360. The fourth-order valence-corrected chi connectivity index (χ4v) is 1.13. The van der Waals surface area contributed by atoms with Crippen molar-refractivity contribution in [2.75, 3.05) is 12.3 Å². The van der Waals surface area contributed by atoms with Crippen molar-refractivity contribution in [2.45, 2.75) is 6.92 Å². The highest BCUT2D eigenvalue weighted by Gasteiger charge is 2.08. The van der Waals surface area contributed by atoms with Crippen LogP contribution >= 0.6 is 11.3 Å². The van der Waals surface area contributed by atoms with Gasteiger partial charge in [0.2, 0.25) is 0 Å². The summed E-state index contributed by atoms with van der Waals surface area (Å²) in [7, 11) is 0. The maximum atomic E-state index is 11.1. The van der Waals surface area contributed by atoms with E-state index in [0.717, 1.165) is 0 Å². The van der Waals surface area contributed by atoms with Crippen LogP contribution < -0.4 is 11.2 Å². The van der Waals surface area contributed by atoms with Crippen molar-refractivity contribution in [3.63, 3.8) is 0 Å². The van der Waals surface area contributed by atoms with Crippen molar-refractivity contribution in [2.24, 2.45) is 0 Å². The SMILES string of the molecule is CCONC(=O)c1csc(N)n1. The molecule has 3 N–H and O–H groups in total. The van der Waals surface area contributed by atoms with Gasteiger partial charge in [0.15, 0.2) is 5.13 Å². The van der Waals surface area contributed by atoms with Gasteiger partial charge in [-0.15, -0.1) is 11.3 Å². The highest BCUT2D eigenvalue weighted by atomic mass is 32.1. The molecule has 6 heteroatoms. The Labute approximate surface area is 73.5 Å². The first-order chi connectivity index (χ1) is 5.74. The Kier molecular flexibility index (Phi) is 3.01. The predicted molar refractivity (Wildman–Crippen MR) is 45.6 cm³/mol. The van der Waals surface area contributed by atoms with Gasteiger partial charge < -0.3 is 5.73 Å². The van der Waals surface area contributed by atoms with E-state index in [1.165, 1.54) is 11.3 Å². The van der Waals surface area contributed by atoms with Crippen LogP contribution in [0.3, 0.4) is 0 Å². The largest absolute Gasteiger partial charge is 0.375 e. The lowest BCUT2D eigenvalue weighted by atomic mass is 10.5. The van der Waals surface area contributed by atoms with Crippen LogP contribution in [0.1, 0.15) is 17.4 Å². The molecule has 0 bridgehead atoms. The molecule has 1 amide bonds. The van der Waals surface area contributed by atoms with E-state index in [9.17, 15) is 4.79 Å². The van der Waals surface area contributed by atoms with E-state index >= 15 is 0 Å². The van der Waals surface area contributed by atoms with E-state index in [4.69, 9.17) is 5.73 Å². The summed E-state index contributed by atoms with van der Waals surface area (Å²) < 4.78 is 0. The first-order valence-electron chi connectivity index (χ1n) is 3.37. The zero-order valence-electron chi connectivity index (χ0n) is 6.53. The number of hydrogen-bond acceptors (Lipinski definition) is 5. The molecule has 0 saturated carbocycles. The van der Waals surface area contributed by atoms with Gasteiger partial charge in [0.25, 0.3) is 5.91 Å². The minimum atomic E-state index is -0.371. The Morgan fingerprint density at radius 1 is 1.92 bits per heavy atom. The predicted octanol–water partition coefficient (Wildman–Crippen LogP) is 0.407. The van der Waals surface area contributed by atoms with Gasteiger partial charge in [-0.3, -0.25) is 9.63 Å². The summed E-state index contributed by atoms with van der Waals surface area (Å²) in [4.78, 5) is 19.5. The molecule has 0 spiro atoms. The molecule has 0 unspecified atom stereocenters. The number of nitrogen functional groups attached to an aromatic ring is 1. The number of nitrogens with two attached hydrogens (primary N) is 1. The van der Waals surface area contributed by atoms with Gasteiger partial charge >= 0.3 is 0 Å². The monoisotopic (exact) mass is 187 g/mol. The number of anilines is 1. The summed E-state index contributed by atoms with van der Waals surface area (Å²) in [6.07, 6.45) is 0. The molecule has 1 aromatic rings. The van der Waals surface area contributed by atoms with Crippen LogP contribution in [0.2, 0.25) is 0 Å². The molecule has 12 heavy (non-hydrogen) atoms. The average Bonchev–Trinajstić information content (AvgIpc) is 2.47. The van der Waals surface area contributed by atoms with Gasteiger partial charge in [0.05, 0.1) is 6.61 Å². The average molecular weight is 187 g/mol. The second-order valence-corrected chi connectivity index (χ2v) is 2.82. The molecule has 0 aliphatic rings. The molecular weight excluding hydrogens is 178 g/mol. The Bertz CT molecular complexity index is 274. The zero-order valence-corrected chi connectivity index (χ0v) is 7.35. The van der Waals surface area contributed by atoms with Gasteiger partial charge in [-0.2, -0.15) is 0 Å². The number of nitrogens with one attached hydrogen (secondary N) is 1. The molecule has 66 valence electrons. The van der Waals surface area contributed by atoms with Crippen LogP contribution in [0.15, 0.2) is 5.38 Å². The van der Waals surface area contributed by atoms with Crippen molar-refractivity contribution in [1.82, 2.24) is 10.5 Å². The maximum Gasteiger partial charge on any atom is 0.294 e. The third kappa shape index (κ3) is 2.18. The minimum Gasteiger partial charge on any atom is -0.375 e. The third-order valence-corrected chi connectivity index (χ3v) is 1.74. The second-order valence-electron chi connectivity index (χ2n) is 1.94. The third-order valence-electron chi connectivity index (χ3n) is 1.06. The van der Waals surface area contributed by atoms with E-state index in [-0.39, 0.29) is 11.6 Å². The molecule has 0 aliphatic carbocycles. The Morgan fingerprint density at radius 3 is 3.17 bits per heavy atom. The van der Waals surface area contributed by atoms with E-state index in [1.54, 1.807) is 12.3 Å². The molecule has 0 radical (unpaired) electrons. The molecule has 5 nitrogen and oxygen atoms in total. The van der Waals surface area contributed by atoms with Crippen molar-refractivity contribution in [1.29, 1.82) is 0 Å². The number of carbonyl (C=O) groups is 1. The minimum absolute atomic E-state index is 0.283. The number of hydroxylamine groups is 1. The van der Waals surface area contributed by atoms with Crippen LogP contribution in [0.5, 0.6) is 0 Å². The standard InChI is InChI=1S/C6H9N3O2S/c1-2-11-9-5(10)4-3-12-6(7)8-4/h3H,2H2,1H3,(H2,7,8)(H,9,10). The summed E-state index contributed by atoms with van der Waals surface area (Å²) in [5.41, 5.74) is 7.83. The molecule has 0 aromatic carbocycles. The van der Waals surface area contributed by atoms with Crippen molar-refractivity contribution in [3.8, 4) is 0 Å². The highest BCUT2D eigenvalue weighted by Crippen LogP contribution is 2.10. The summed E-state index contributed by atoms with van der Waals surface area (Å²) >= 11 is 1.22. The van der Waals surface area contributed by atoms with Crippen molar-refractivity contribution in [3.05, 3.63) is 11.1 Å². The summed E-state index contributed by atoms with van der Waals surface area (Å²) in [6.45, 7) is 2.20. The summed E-state index contributed by atoms with van der Waals surface area (Å²) in [5.74, 6) is -0.371. The van der Waals surface area contributed by atoms with Crippen LogP contribution in [-0.4, -0.2) is 17.5 Å². The molecule has 1 rings (SSSR count). The lowest BCUT2D eigenvalue weighted by Crippen LogP contribution is -2.23. The molecular formula is C6H9N3O2S. The lowest BCUT2D eigenvalue weighted by Gasteiger charge is -1.99. The number of nitrogens with zero attached hydrogens (tertiary/aromatic N) is 1. The molecule has 0 saturated heterocycles. The van der Waals surface area contributed by atoms with Crippen molar-refractivity contribution < 1.29 is 9.63 Å². The number of amides is 1. The van der Waals surface area contributed by atoms with Gasteiger partial charge in [-0.1, -0.05) is 0 Å². The number of aromatic nitrogens is 1. The van der Waals surface area contributed by atoms with E-state index in [0.29, 0.717) is 11.7 Å². The number of thiazole rings is 1. The van der Waals surface area contributed by atoms with Gasteiger partial charge in [-0.05, 0) is 6.92 Å². The molecule has 1 heterocycles. The number of rotatable bonds is 3.